The Balaban J connectivity index is 2.07. The summed E-state index contributed by atoms with van der Waals surface area (Å²) in [4.78, 5) is 27.2. The lowest BCUT2D eigenvalue weighted by Gasteiger charge is -2.12. The molecule has 1 aromatic carbocycles. The fraction of sp³-hybridized carbons (Fsp3) is 0.267. The van der Waals surface area contributed by atoms with Gasteiger partial charge in [0.1, 0.15) is 6.54 Å². The first kappa shape index (κ1) is 21.1. The molecule has 0 aliphatic rings. The van der Waals surface area contributed by atoms with Crippen LogP contribution in [0.5, 0.6) is 0 Å². The summed E-state index contributed by atoms with van der Waals surface area (Å²) in [5.74, 6) is -1.50. The average molecular weight is 423 g/mol. The molecule has 2 rings (SSSR count). The molecule has 0 atom stereocenters. The van der Waals surface area contributed by atoms with Crippen LogP contribution in [0.25, 0.3) is 0 Å². The van der Waals surface area contributed by atoms with Gasteiger partial charge in [-0.15, -0.1) is 0 Å². The van der Waals surface area contributed by atoms with E-state index in [9.17, 15) is 27.9 Å². The molecule has 0 bridgehead atoms. The number of rotatable bonds is 7. The van der Waals surface area contributed by atoms with Crippen LogP contribution in [0.1, 0.15) is 11.3 Å². The highest BCUT2D eigenvalue weighted by atomic mass is 35.5. The van der Waals surface area contributed by atoms with Crippen molar-refractivity contribution in [1.82, 2.24) is 9.55 Å². The van der Waals surface area contributed by atoms with Crippen molar-refractivity contribution >= 4 is 40.9 Å². The predicted molar refractivity (Wildman–Crippen MR) is 93.2 cm³/mol. The van der Waals surface area contributed by atoms with Gasteiger partial charge in [-0.25, -0.2) is 4.98 Å². The highest BCUT2D eigenvalue weighted by Gasteiger charge is 2.31. The lowest BCUT2D eigenvalue weighted by Crippen LogP contribution is -2.21. The van der Waals surface area contributed by atoms with Crippen LogP contribution in [-0.4, -0.2) is 32.2 Å². The van der Waals surface area contributed by atoms with Gasteiger partial charge in [-0.1, -0.05) is 23.4 Å². The lowest BCUT2D eigenvalue weighted by molar-refractivity contribution is -0.137. The van der Waals surface area contributed by atoms with Crippen LogP contribution >= 0.6 is 23.4 Å². The minimum Gasteiger partial charge on any atom is -0.390 e. The first-order valence-electron chi connectivity index (χ1n) is 7.34. The second-order valence-corrected chi connectivity index (χ2v) is 6.62. The molecular weight excluding hydrogens is 409 g/mol. The second-order valence-electron chi connectivity index (χ2n) is 5.27. The molecule has 1 aromatic heterocycles. The summed E-state index contributed by atoms with van der Waals surface area (Å²) >= 11 is 6.75. The number of hydrogen-bond donors (Lipinski definition) is 3. The number of nitrogens with zero attached hydrogens (tertiary/aromatic N) is 2. The maximum Gasteiger partial charge on any atom is 0.416 e. The van der Waals surface area contributed by atoms with Crippen LogP contribution in [0.15, 0.2) is 29.6 Å². The maximum atomic E-state index is 12.8. The number of primary amides is 1. The summed E-state index contributed by atoms with van der Waals surface area (Å²) in [6.07, 6.45) is -3.24. The van der Waals surface area contributed by atoms with Gasteiger partial charge in [-0.2, -0.15) is 13.2 Å². The number of carbonyl (C=O) groups is 2. The molecule has 0 saturated heterocycles. The molecule has 0 aliphatic carbocycles. The van der Waals surface area contributed by atoms with Gasteiger partial charge in [0.2, 0.25) is 11.8 Å². The van der Waals surface area contributed by atoms with Crippen molar-refractivity contribution in [2.24, 2.45) is 5.73 Å². The number of nitrogens with one attached hydrogen (secondary N) is 1. The number of anilines is 1. The van der Waals surface area contributed by atoms with E-state index >= 15 is 0 Å². The Hall–Kier alpha value is -2.24. The summed E-state index contributed by atoms with van der Waals surface area (Å²) in [7, 11) is 0. The number of imidazole rings is 1. The fourth-order valence-electron chi connectivity index (χ4n) is 2.07. The number of aliphatic hydroxyl groups excluding tert-OH is 1. The third kappa shape index (κ3) is 5.62. The van der Waals surface area contributed by atoms with Crippen molar-refractivity contribution in [3.8, 4) is 0 Å². The van der Waals surface area contributed by atoms with E-state index in [0.717, 1.165) is 30.0 Å². The molecule has 146 valence electrons. The van der Waals surface area contributed by atoms with Gasteiger partial charge in [0.25, 0.3) is 0 Å². The van der Waals surface area contributed by atoms with E-state index in [-0.39, 0.29) is 34.8 Å². The molecule has 4 N–H and O–H groups in total. The number of hydrogen-bond acceptors (Lipinski definition) is 5. The third-order valence-electron chi connectivity index (χ3n) is 3.28. The molecule has 2 amide bonds. The average Bonchev–Trinajstić information content (AvgIpc) is 2.95. The molecule has 7 nitrogen and oxygen atoms in total. The summed E-state index contributed by atoms with van der Waals surface area (Å²) < 4.78 is 39.6. The Labute approximate surface area is 160 Å². The number of amides is 2. The molecule has 2 aromatic rings. The number of aliphatic hydroxyl groups is 1. The van der Waals surface area contributed by atoms with Gasteiger partial charge in [-0.3, -0.25) is 9.59 Å². The molecule has 0 fully saturated rings. The minimum atomic E-state index is -4.57. The number of halogens is 4. The monoisotopic (exact) mass is 422 g/mol. The standard InChI is InChI=1S/C15H14ClF3N4O3S/c16-10-2-1-8(15(17,18)19)3-11(10)22-13(26)7-27-14-21-4-9(6-24)23(14)5-12(20)25/h1-4,24H,5-7H2,(H2,20,25)(H,22,26). The third-order valence-corrected chi connectivity index (χ3v) is 4.60. The maximum absolute atomic E-state index is 12.8. The molecule has 0 radical (unpaired) electrons. The Bertz CT molecular complexity index is 857. The highest BCUT2D eigenvalue weighted by Crippen LogP contribution is 2.34. The van der Waals surface area contributed by atoms with Crippen molar-refractivity contribution in [3.63, 3.8) is 0 Å². The minimum absolute atomic E-state index is 0.0425. The van der Waals surface area contributed by atoms with E-state index in [1.807, 2.05) is 0 Å². The number of alkyl halides is 3. The molecule has 27 heavy (non-hydrogen) atoms. The normalized spacial score (nSPS) is 11.4. The predicted octanol–water partition coefficient (Wildman–Crippen LogP) is 2.26. The van der Waals surface area contributed by atoms with E-state index < -0.39 is 23.6 Å². The van der Waals surface area contributed by atoms with Crippen LogP contribution in [0.3, 0.4) is 0 Å². The molecule has 12 heteroatoms. The molecule has 0 saturated carbocycles. The van der Waals surface area contributed by atoms with Crippen molar-refractivity contribution in [3.05, 3.63) is 40.7 Å². The first-order valence-corrected chi connectivity index (χ1v) is 8.71. The largest absolute Gasteiger partial charge is 0.416 e. The van der Waals surface area contributed by atoms with E-state index in [1.165, 1.54) is 10.8 Å². The van der Waals surface area contributed by atoms with Gasteiger partial charge in [-0.05, 0) is 18.2 Å². The zero-order valence-electron chi connectivity index (χ0n) is 13.6. The Morgan fingerprint density at radius 3 is 2.67 bits per heavy atom. The number of benzene rings is 1. The van der Waals surface area contributed by atoms with E-state index in [4.69, 9.17) is 17.3 Å². The van der Waals surface area contributed by atoms with Crippen molar-refractivity contribution in [1.29, 1.82) is 0 Å². The van der Waals surface area contributed by atoms with Gasteiger partial charge in [0, 0.05) is 0 Å². The zero-order chi connectivity index (χ0) is 20.2. The Morgan fingerprint density at radius 1 is 1.37 bits per heavy atom. The van der Waals surface area contributed by atoms with Crippen molar-refractivity contribution in [2.45, 2.75) is 24.5 Å². The quantitative estimate of drug-likeness (QED) is 0.593. The fourth-order valence-corrected chi connectivity index (χ4v) is 3.03. The van der Waals surface area contributed by atoms with Gasteiger partial charge in [0.15, 0.2) is 5.16 Å². The highest BCUT2D eigenvalue weighted by molar-refractivity contribution is 7.99. The number of carbonyl (C=O) groups excluding carboxylic acids is 2. The van der Waals surface area contributed by atoms with Crippen LogP contribution < -0.4 is 11.1 Å². The molecular formula is C15H14ClF3N4O3S. The van der Waals surface area contributed by atoms with Crippen LogP contribution in [0.4, 0.5) is 18.9 Å². The number of thioether (sulfide) groups is 1. The summed E-state index contributed by atoms with van der Waals surface area (Å²) in [6, 6.07) is 2.59. The molecule has 0 aliphatic heterocycles. The van der Waals surface area contributed by atoms with Crippen LogP contribution in [-0.2, 0) is 28.9 Å². The summed E-state index contributed by atoms with van der Waals surface area (Å²) in [6.45, 7) is -0.619. The molecule has 0 spiro atoms. The molecule has 0 unspecified atom stereocenters. The van der Waals surface area contributed by atoms with E-state index in [2.05, 4.69) is 10.3 Å². The SMILES string of the molecule is NC(=O)Cn1c(CO)cnc1SCC(=O)Nc1cc(C(F)(F)F)ccc1Cl. The summed E-state index contributed by atoms with van der Waals surface area (Å²) in [5, 5.41) is 11.7. The number of aromatic nitrogens is 2. The Morgan fingerprint density at radius 2 is 2.07 bits per heavy atom. The van der Waals surface area contributed by atoms with Gasteiger partial charge in [0.05, 0.1) is 40.5 Å². The first-order chi connectivity index (χ1) is 12.6. The summed E-state index contributed by atoms with van der Waals surface area (Å²) in [5.41, 5.74) is 4.35. The van der Waals surface area contributed by atoms with Crippen molar-refractivity contribution in [2.75, 3.05) is 11.1 Å². The smallest absolute Gasteiger partial charge is 0.390 e. The van der Waals surface area contributed by atoms with Gasteiger partial charge >= 0.3 is 6.18 Å². The van der Waals surface area contributed by atoms with E-state index in [1.54, 1.807) is 0 Å². The second kappa shape index (κ2) is 8.63. The van der Waals surface area contributed by atoms with E-state index in [0.29, 0.717) is 5.69 Å². The van der Waals surface area contributed by atoms with Crippen LogP contribution in [0.2, 0.25) is 5.02 Å². The van der Waals surface area contributed by atoms with Crippen molar-refractivity contribution < 1.29 is 27.9 Å². The van der Waals surface area contributed by atoms with Gasteiger partial charge < -0.3 is 20.7 Å². The number of nitrogens with two attached hydrogens (primary N) is 1. The Kier molecular flexibility index (Phi) is 6.73. The molecule has 1 heterocycles. The topological polar surface area (TPSA) is 110 Å². The van der Waals surface area contributed by atoms with Crippen LogP contribution in [0, 0.1) is 0 Å². The lowest BCUT2D eigenvalue weighted by atomic mass is 10.2. The zero-order valence-corrected chi connectivity index (χ0v) is 15.2.